The Bertz CT molecular complexity index is 2230. The lowest BCUT2D eigenvalue weighted by Gasteiger charge is -2.37. The van der Waals surface area contributed by atoms with Gasteiger partial charge in [-0.25, -0.2) is 9.67 Å². The lowest BCUT2D eigenvalue weighted by molar-refractivity contribution is 0.477. The number of rotatable bonds is 8. The molecule has 0 amide bonds. The predicted molar refractivity (Wildman–Crippen MR) is 197 cm³/mol. The third kappa shape index (κ3) is 4.99. The molecule has 0 saturated heterocycles. The van der Waals surface area contributed by atoms with E-state index in [1.54, 1.807) is 0 Å². The zero-order valence-electron chi connectivity index (χ0n) is 26.1. The Hall–Kier alpha value is -5.26. The van der Waals surface area contributed by atoms with Crippen molar-refractivity contribution in [3.8, 4) is 22.6 Å². The van der Waals surface area contributed by atoms with Gasteiger partial charge >= 0.3 is 0 Å². The summed E-state index contributed by atoms with van der Waals surface area (Å²) in [4.78, 5) is 8.94. The molecule has 0 fully saturated rings. The predicted octanol–water partition coefficient (Wildman–Crippen LogP) is 10.8. The third-order valence-electron chi connectivity index (χ3n) is 9.05. The maximum absolute atomic E-state index is 5.54. The summed E-state index contributed by atoms with van der Waals surface area (Å²) in [5.74, 6) is 0.738. The van der Waals surface area contributed by atoms with Crippen LogP contribution < -0.4 is 0 Å². The van der Waals surface area contributed by atoms with Crippen LogP contribution in [0.1, 0.15) is 35.6 Å². The summed E-state index contributed by atoms with van der Waals surface area (Å²) in [5, 5.41) is 6.55. The van der Waals surface area contributed by atoms with E-state index in [4.69, 9.17) is 10.1 Å². The van der Waals surface area contributed by atoms with Crippen molar-refractivity contribution >= 4 is 37.9 Å². The number of hydrogen-bond acceptors (Lipinski definition) is 2. The molecule has 5 heteroatoms. The van der Waals surface area contributed by atoms with Gasteiger partial charge in [-0.3, -0.25) is 0 Å². The summed E-state index contributed by atoms with van der Waals surface area (Å²) < 4.78 is 3.19. The van der Waals surface area contributed by atoms with Gasteiger partial charge in [0.15, 0.2) is 5.82 Å². The minimum Gasteiger partial charge on any atom is -0.337 e. The molecule has 0 unspecified atom stereocenters. The second-order valence-corrected chi connectivity index (χ2v) is 12.9. The van der Waals surface area contributed by atoms with Crippen LogP contribution in [-0.2, 0) is 12.0 Å². The highest BCUT2D eigenvalue weighted by Gasteiger charge is 2.41. The van der Waals surface area contributed by atoms with Crippen molar-refractivity contribution in [1.29, 1.82) is 0 Å². The molecule has 0 aliphatic rings. The summed E-state index contributed by atoms with van der Waals surface area (Å²) >= 11 is 3.76. The van der Waals surface area contributed by atoms with E-state index in [-0.39, 0.29) is 0 Å². The Morgan fingerprint density at radius 2 is 1.32 bits per heavy atom. The number of benzene rings is 6. The lowest BCUT2D eigenvalue weighted by Crippen LogP contribution is -2.38. The second-order valence-electron chi connectivity index (χ2n) is 12.0. The van der Waals surface area contributed by atoms with Gasteiger partial charge in [0.1, 0.15) is 11.2 Å². The molecule has 47 heavy (non-hydrogen) atoms. The van der Waals surface area contributed by atoms with Crippen LogP contribution in [0, 0.1) is 0 Å². The van der Waals surface area contributed by atoms with Crippen molar-refractivity contribution < 1.29 is 0 Å². The molecular formula is C42H33BrN4. The molecule has 2 aromatic heterocycles. The van der Waals surface area contributed by atoms with Gasteiger partial charge in [-0.15, -0.1) is 0 Å². The number of H-pyrrole nitrogens is 1. The number of aryl methyl sites for hydroxylation is 1. The van der Waals surface area contributed by atoms with E-state index in [1.807, 2.05) is 0 Å². The van der Waals surface area contributed by atoms with Crippen molar-refractivity contribution in [3.63, 3.8) is 0 Å². The number of hydrogen-bond donors (Lipinski definition) is 1. The van der Waals surface area contributed by atoms with Crippen LogP contribution in [0.5, 0.6) is 0 Å². The first-order chi connectivity index (χ1) is 23.2. The van der Waals surface area contributed by atoms with E-state index in [0.29, 0.717) is 0 Å². The molecule has 0 aliphatic carbocycles. The molecule has 1 N–H and O–H groups in total. The van der Waals surface area contributed by atoms with Crippen molar-refractivity contribution in [2.24, 2.45) is 0 Å². The number of fused-ring (bicyclic) bond motifs is 2. The minimum atomic E-state index is -0.759. The van der Waals surface area contributed by atoms with Crippen LogP contribution in [0.25, 0.3) is 44.6 Å². The highest BCUT2D eigenvalue weighted by molar-refractivity contribution is 9.10. The molecule has 2 heterocycles. The van der Waals surface area contributed by atoms with E-state index >= 15 is 0 Å². The second kappa shape index (κ2) is 12.2. The van der Waals surface area contributed by atoms with Crippen molar-refractivity contribution in [2.75, 3.05) is 0 Å². The molecule has 0 aliphatic heterocycles. The van der Waals surface area contributed by atoms with Gasteiger partial charge in [-0.2, -0.15) is 5.10 Å². The monoisotopic (exact) mass is 672 g/mol. The van der Waals surface area contributed by atoms with Gasteiger partial charge in [0, 0.05) is 15.4 Å². The Kier molecular flexibility index (Phi) is 7.54. The standard InChI is InChI=1S/C42H33BrN4/c1-2-14-29-15-12-16-30(27-29)35-23-13-24-37-39(35)45-41(44-37)40-36-28-34(43)25-26-38(36)47(46-40)42(31-17-6-3-7-18-31,32-19-8-4-9-20-32)33-21-10-5-11-22-33/h3-13,15-28H,2,14H2,1H3,(H,44,45). The smallest absolute Gasteiger partial charge is 0.159 e. The SMILES string of the molecule is CCCc1cccc(-c2cccc3[nH]c(-c4nn(C(c5ccccc5)(c5ccccc5)c5ccccc5)c5ccc(Br)cc45)nc23)c1. The van der Waals surface area contributed by atoms with Gasteiger partial charge < -0.3 is 4.98 Å². The van der Waals surface area contributed by atoms with Gasteiger partial charge in [-0.1, -0.05) is 157 Å². The third-order valence-corrected chi connectivity index (χ3v) is 9.54. The molecule has 0 radical (unpaired) electrons. The summed E-state index contributed by atoms with van der Waals surface area (Å²) in [6.07, 6.45) is 2.17. The van der Waals surface area contributed by atoms with Gasteiger partial charge in [0.25, 0.3) is 0 Å². The quantitative estimate of drug-likeness (QED) is 0.163. The molecule has 8 aromatic rings. The van der Waals surface area contributed by atoms with E-state index in [9.17, 15) is 0 Å². The number of aromatic amines is 1. The number of aromatic nitrogens is 4. The number of nitrogens with one attached hydrogen (secondary N) is 1. The molecule has 228 valence electrons. The maximum Gasteiger partial charge on any atom is 0.159 e. The van der Waals surface area contributed by atoms with Crippen molar-refractivity contribution in [1.82, 2.24) is 19.7 Å². The lowest BCUT2D eigenvalue weighted by atomic mass is 9.77. The first kappa shape index (κ1) is 29.2. The topological polar surface area (TPSA) is 46.5 Å². The number of halogens is 1. The maximum atomic E-state index is 5.54. The van der Waals surface area contributed by atoms with E-state index in [2.05, 4.69) is 184 Å². The Morgan fingerprint density at radius 3 is 1.96 bits per heavy atom. The normalized spacial score (nSPS) is 11.8. The first-order valence-corrected chi connectivity index (χ1v) is 16.9. The molecule has 6 aromatic carbocycles. The summed E-state index contributed by atoms with van der Waals surface area (Å²) in [7, 11) is 0. The number of nitrogens with zero attached hydrogens (tertiary/aromatic N) is 3. The zero-order valence-corrected chi connectivity index (χ0v) is 27.7. The molecule has 0 saturated carbocycles. The van der Waals surface area contributed by atoms with Crippen LogP contribution >= 0.6 is 15.9 Å². The van der Waals surface area contributed by atoms with E-state index < -0.39 is 5.54 Å². The fourth-order valence-corrected chi connectivity index (χ4v) is 7.35. The van der Waals surface area contributed by atoms with Crippen LogP contribution in [0.15, 0.2) is 156 Å². The largest absolute Gasteiger partial charge is 0.337 e. The number of imidazole rings is 1. The van der Waals surface area contributed by atoms with Crippen LogP contribution in [0.4, 0.5) is 0 Å². The summed E-state index contributed by atoms with van der Waals surface area (Å²) in [6, 6.07) is 53.6. The Balaban J connectivity index is 1.42. The first-order valence-electron chi connectivity index (χ1n) is 16.1. The Morgan fingerprint density at radius 1 is 0.681 bits per heavy atom. The van der Waals surface area contributed by atoms with Gasteiger partial charge in [-0.05, 0) is 58.5 Å². The van der Waals surface area contributed by atoms with Gasteiger partial charge in [0.2, 0.25) is 0 Å². The van der Waals surface area contributed by atoms with E-state index in [0.717, 1.165) is 73.0 Å². The van der Waals surface area contributed by atoms with Crippen molar-refractivity contribution in [3.05, 3.63) is 178 Å². The highest BCUT2D eigenvalue weighted by atomic mass is 79.9. The zero-order chi connectivity index (χ0) is 31.8. The fraction of sp³-hybridized carbons (Fsp3) is 0.0952. The molecule has 0 bridgehead atoms. The Labute approximate surface area is 282 Å². The molecule has 8 rings (SSSR count). The molecule has 4 nitrogen and oxygen atoms in total. The van der Waals surface area contributed by atoms with Crippen LogP contribution in [-0.4, -0.2) is 19.7 Å². The molecule has 0 atom stereocenters. The average Bonchev–Trinajstić information content (AvgIpc) is 3.72. The minimum absolute atomic E-state index is 0.738. The van der Waals surface area contributed by atoms with Gasteiger partial charge in [0.05, 0.1) is 16.6 Å². The summed E-state index contributed by atoms with van der Waals surface area (Å²) in [6.45, 7) is 2.22. The number of para-hydroxylation sites is 1. The molecular weight excluding hydrogens is 640 g/mol. The van der Waals surface area contributed by atoms with Crippen molar-refractivity contribution in [2.45, 2.75) is 25.3 Å². The van der Waals surface area contributed by atoms with E-state index in [1.165, 1.54) is 11.1 Å². The fourth-order valence-electron chi connectivity index (χ4n) is 6.99. The molecule has 0 spiro atoms. The van der Waals surface area contributed by atoms with Crippen LogP contribution in [0.2, 0.25) is 0 Å². The summed E-state index contributed by atoms with van der Waals surface area (Å²) in [5.41, 5.74) is 9.96. The average molecular weight is 674 g/mol. The highest BCUT2D eigenvalue weighted by Crippen LogP contribution is 2.44. The van der Waals surface area contributed by atoms with Crippen LogP contribution in [0.3, 0.4) is 0 Å².